The molecule has 0 unspecified atom stereocenters. The standard InChI is InChI=1S/C21H20F2N2O3/c1-12-8-13(2)18(14(3)9-12)25-20(26)16(11-24)10-15-6-5-7-17(27-4)19(15)28-21(22)23/h5-10,21H,1-4H3,(H,25,26)/b16-10+. The van der Waals surface area contributed by atoms with Gasteiger partial charge in [-0.3, -0.25) is 4.79 Å². The van der Waals surface area contributed by atoms with Gasteiger partial charge in [-0.25, -0.2) is 0 Å². The third-order valence-electron chi connectivity index (χ3n) is 4.02. The SMILES string of the molecule is COc1cccc(/C=C(\C#N)C(=O)Nc2c(C)cc(C)cc2C)c1OC(F)F. The van der Waals surface area contributed by atoms with Crippen molar-refractivity contribution in [1.29, 1.82) is 5.26 Å². The summed E-state index contributed by atoms with van der Waals surface area (Å²) < 4.78 is 35.1. The molecule has 146 valence electrons. The fourth-order valence-corrected chi connectivity index (χ4v) is 2.88. The van der Waals surface area contributed by atoms with Crippen molar-refractivity contribution in [2.75, 3.05) is 12.4 Å². The highest BCUT2D eigenvalue weighted by molar-refractivity contribution is 6.10. The van der Waals surface area contributed by atoms with Gasteiger partial charge in [0.1, 0.15) is 11.6 Å². The van der Waals surface area contributed by atoms with Crippen molar-refractivity contribution in [1.82, 2.24) is 0 Å². The lowest BCUT2D eigenvalue weighted by Gasteiger charge is -2.14. The molecule has 1 N–H and O–H groups in total. The van der Waals surface area contributed by atoms with Crippen LogP contribution in [0.2, 0.25) is 0 Å². The van der Waals surface area contributed by atoms with Crippen LogP contribution in [0.5, 0.6) is 11.5 Å². The summed E-state index contributed by atoms with van der Waals surface area (Å²) in [5.41, 5.74) is 3.23. The summed E-state index contributed by atoms with van der Waals surface area (Å²) in [6.07, 6.45) is 1.19. The predicted molar refractivity (Wildman–Crippen MR) is 102 cm³/mol. The van der Waals surface area contributed by atoms with Crippen LogP contribution in [0, 0.1) is 32.1 Å². The van der Waals surface area contributed by atoms with E-state index in [2.05, 4.69) is 10.1 Å². The summed E-state index contributed by atoms with van der Waals surface area (Å²) in [6, 6.07) is 10.1. The van der Waals surface area contributed by atoms with Gasteiger partial charge in [-0.2, -0.15) is 14.0 Å². The maximum absolute atomic E-state index is 12.8. The van der Waals surface area contributed by atoms with Crippen molar-refractivity contribution < 1.29 is 23.0 Å². The van der Waals surface area contributed by atoms with E-state index in [1.165, 1.54) is 25.3 Å². The topological polar surface area (TPSA) is 71.3 Å². The smallest absolute Gasteiger partial charge is 0.387 e. The number of hydrogen-bond acceptors (Lipinski definition) is 4. The van der Waals surface area contributed by atoms with E-state index in [9.17, 15) is 18.8 Å². The molecule has 28 heavy (non-hydrogen) atoms. The number of nitrogens with one attached hydrogen (secondary N) is 1. The van der Waals surface area contributed by atoms with Crippen molar-refractivity contribution in [3.05, 3.63) is 58.2 Å². The first kappa shape index (κ1) is 20.9. The zero-order valence-corrected chi connectivity index (χ0v) is 16.0. The molecule has 0 saturated carbocycles. The Labute approximate surface area is 162 Å². The summed E-state index contributed by atoms with van der Waals surface area (Å²) in [5, 5.41) is 12.1. The molecule has 0 atom stereocenters. The molecule has 0 fully saturated rings. The van der Waals surface area contributed by atoms with Crippen LogP contribution < -0.4 is 14.8 Å². The minimum Gasteiger partial charge on any atom is -0.493 e. The molecule has 7 heteroatoms. The highest BCUT2D eigenvalue weighted by Gasteiger charge is 2.17. The van der Waals surface area contributed by atoms with Crippen molar-refractivity contribution in [3.8, 4) is 17.6 Å². The number of methoxy groups -OCH3 is 1. The Kier molecular flexibility index (Phi) is 6.72. The molecular weight excluding hydrogens is 366 g/mol. The van der Waals surface area contributed by atoms with Crippen molar-refractivity contribution >= 4 is 17.7 Å². The lowest BCUT2D eigenvalue weighted by Crippen LogP contribution is -2.15. The van der Waals surface area contributed by atoms with Gasteiger partial charge in [-0.15, -0.1) is 0 Å². The molecule has 2 rings (SSSR count). The molecule has 0 aromatic heterocycles. The molecule has 1 amide bonds. The molecule has 5 nitrogen and oxygen atoms in total. The molecule has 0 heterocycles. The minimum absolute atomic E-state index is 0.0666. The second kappa shape index (κ2) is 9.00. The zero-order valence-electron chi connectivity index (χ0n) is 16.0. The van der Waals surface area contributed by atoms with Gasteiger partial charge >= 0.3 is 6.61 Å². The highest BCUT2D eigenvalue weighted by Crippen LogP contribution is 2.34. The number of amides is 1. The summed E-state index contributed by atoms with van der Waals surface area (Å²) in [6.45, 7) is 2.56. The van der Waals surface area contributed by atoms with Crippen LogP contribution in [0.1, 0.15) is 22.3 Å². The van der Waals surface area contributed by atoms with E-state index in [4.69, 9.17) is 4.74 Å². The summed E-state index contributed by atoms with van der Waals surface area (Å²) in [5.74, 6) is -0.830. The van der Waals surface area contributed by atoms with Crippen LogP contribution in [0.25, 0.3) is 6.08 Å². The van der Waals surface area contributed by atoms with Gasteiger partial charge < -0.3 is 14.8 Å². The predicted octanol–water partition coefficient (Wildman–Crippen LogP) is 4.77. The number of hydrogen-bond donors (Lipinski definition) is 1. The molecular formula is C21H20F2N2O3. The van der Waals surface area contributed by atoms with E-state index in [1.807, 2.05) is 32.9 Å². The summed E-state index contributed by atoms with van der Waals surface area (Å²) in [7, 11) is 1.31. The second-order valence-corrected chi connectivity index (χ2v) is 6.15. The van der Waals surface area contributed by atoms with E-state index in [1.54, 1.807) is 12.1 Å². The number of carbonyl (C=O) groups excluding carboxylic acids is 1. The molecule has 0 bridgehead atoms. The maximum atomic E-state index is 12.8. The van der Waals surface area contributed by atoms with Gasteiger partial charge in [0.2, 0.25) is 0 Å². The number of nitriles is 1. The maximum Gasteiger partial charge on any atom is 0.387 e. The number of rotatable bonds is 6. The first-order valence-electron chi connectivity index (χ1n) is 8.39. The van der Waals surface area contributed by atoms with Gasteiger partial charge in [0, 0.05) is 11.3 Å². The molecule has 0 aliphatic carbocycles. The van der Waals surface area contributed by atoms with Crippen LogP contribution in [0.3, 0.4) is 0 Å². The largest absolute Gasteiger partial charge is 0.493 e. The first-order chi connectivity index (χ1) is 13.3. The van der Waals surface area contributed by atoms with E-state index in [0.29, 0.717) is 5.69 Å². The number of carbonyl (C=O) groups is 1. The zero-order chi connectivity index (χ0) is 20.8. The van der Waals surface area contributed by atoms with E-state index >= 15 is 0 Å². The van der Waals surface area contributed by atoms with Gasteiger partial charge in [-0.05, 0) is 44.0 Å². The van der Waals surface area contributed by atoms with Crippen LogP contribution in [-0.2, 0) is 4.79 Å². The number of halogens is 2. The summed E-state index contributed by atoms with van der Waals surface area (Å²) in [4.78, 5) is 12.6. The molecule has 2 aromatic carbocycles. The van der Waals surface area contributed by atoms with E-state index in [0.717, 1.165) is 16.7 Å². The minimum atomic E-state index is -3.08. The highest BCUT2D eigenvalue weighted by atomic mass is 19.3. The van der Waals surface area contributed by atoms with Gasteiger partial charge in [0.15, 0.2) is 11.5 Å². The quantitative estimate of drug-likeness (QED) is 0.574. The third kappa shape index (κ3) is 4.86. The van der Waals surface area contributed by atoms with E-state index < -0.39 is 12.5 Å². The molecule has 0 spiro atoms. The third-order valence-corrected chi connectivity index (χ3v) is 4.02. The Balaban J connectivity index is 2.42. The lowest BCUT2D eigenvalue weighted by molar-refractivity contribution is -0.112. The number of alkyl halides is 2. The molecule has 2 aromatic rings. The van der Waals surface area contributed by atoms with Gasteiger partial charge in [0.05, 0.1) is 7.11 Å². The van der Waals surface area contributed by atoms with Crippen molar-refractivity contribution in [2.24, 2.45) is 0 Å². The normalized spacial score (nSPS) is 11.1. The summed E-state index contributed by atoms with van der Waals surface area (Å²) >= 11 is 0. The number of anilines is 1. The van der Waals surface area contributed by atoms with Gasteiger partial charge in [0.25, 0.3) is 5.91 Å². The van der Waals surface area contributed by atoms with Crippen LogP contribution in [-0.4, -0.2) is 19.6 Å². The fraction of sp³-hybridized carbons (Fsp3) is 0.238. The fourth-order valence-electron chi connectivity index (χ4n) is 2.88. The Morgan fingerprint density at radius 1 is 1.21 bits per heavy atom. The molecule has 0 aliphatic heterocycles. The molecule has 0 saturated heterocycles. The number of nitrogens with zero attached hydrogens (tertiary/aromatic N) is 1. The first-order valence-corrected chi connectivity index (χ1v) is 8.39. The number of benzene rings is 2. The molecule has 0 aliphatic rings. The second-order valence-electron chi connectivity index (χ2n) is 6.15. The number of para-hydroxylation sites is 1. The average Bonchev–Trinajstić information content (AvgIpc) is 2.63. The van der Waals surface area contributed by atoms with Gasteiger partial charge in [-0.1, -0.05) is 29.8 Å². The monoisotopic (exact) mass is 386 g/mol. The number of ether oxygens (including phenoxy) is 2. The average molecular weight is 386 g/mol. The van der Waals surface area contributed by atoms with Crippen LogP contribution in [0.15, 0.2) is 35.9 Å². The Morgan fingerprint density at radius 3 is 2.39 bits per heavy atom. The van der Waals surface area contributed by atoms with Crippen molar-refractivity contribution in [3.63, 3.8) is 0 Å². The van der Waals surface area contributed by atoms with Crippen LogP contribution >= 0.6 is 0 Å². The Morgan fingerprint density at radius 2 is 1.86 bits per heavy atom. The van der Waals surface area contributed by atoms with Crippen LogP contribution in [0.4, 0.5) is 14.5 Å². The Bertz CT molecular complexity index is 940. The lowest BCUT2D eigenvalue weighted by atomic mass is 10.0. The Hall–Kier alpha value is -3.40. The molecule has 0 radical (unpaired) electrons. The van der Waals surface area contributed by atoms with E-state index in [-0.39, 0.29) is 22.6 Å². The number of aryl methyl sites for hydroxylation is 3. The van der Waals surface area contributed by atoms with Crippen molar-refractivity contribution in [2.45, 2.75) is 27.4 Å².